The number of urea groups is 1. The third kappa shape index (κ3) is 6.32. The average molecular weight is 426 g/mol. The minimum absolute atomic E-state index is 0.00370. The van der Waals surface area contributed by atoms with Crippen LogP contribution in [0.15, 0.2) is 18.2 Å². The van der Waals surface area contributed by atoms with Crippen molar-refractivity contribution in [1.29, 1.82) is 5.41 Å². The van der Waals surface area contributed by atoms with Crippen molar-refractivity contribution in [3.63, 3.8) is 0 Å². The molecule has 28 heavy (non-hydrogen) atoms. The van der Waals surface area contributed by atoms with Crippen molar-refractivity contribution in [2.75, 3.05) is 13.1 Å². The van der Waals surface area contributed by atoms with Crippen LogP contribution >= 0.6 is 11.6 Å². The van der Waals surface area contributed by atoms with Crippen molar-refractivity contribution in [2.45, 2.75) is 44.5 Å². The van der Waals surface area contributed by atoms with Crippen molar-refractivity contribution >= 4 is 23.5 Å². The summed E-state index contributed by atoms with van der Waals surface area (Å²) in [5, 5.41) is 10.3. The highest BCUT2D eigenvalue weighted by atomic mass is 35.5. The van der Waals surface area contributed by atoms with Crippen LogP contribution < -0.4 is 5.32 Å². The number of rotatable bonds is 6. The summed E-state index contributed by atoms with van der Waals surface area (Å²) in [5.74, 6) is -4.08. The molecule has 1 fully saturated rings. The van der Waals surface area contributed by atoms with E-state index in [1.54, 1.807) is 0 Å². The van der Waals surface area contributed by atoms with Gasteiger partial charge in [0.05, 0.1) is 6.54 Å². The van der Waals surface area contributed by atoms with Gasteiger partial charge in [-0.1, -0.05) is 17.7 Å². The third-order valence-corrected chi connectivity index (χ3v) is 5.02. The first-order chi connectivity index (χ1) is 13.1. The second-order valence-corrected chi connectivity index (χ2v) is 7.22. The molecule has 2 rings (SSSR count). The number of hydrogen-bond acceptors (Lipinski definition) is 2. The normalized spacial score (nSPS) is 16.8. The van der Waals surface area contributed by atoms with E-state index in [4.69, 9.17) is 17.0 Å². The van der Waals surface area contributed by atoms with Crippen molar-refractivity contribution in [2.24, 2.45) is 5.92 Å². The van der Waals surface area contributed by atoms with E-state index in [1.165, 1.54) is 12.1 Å². The standard InChI is InChI=1S/C18H21ClF5N3O/c19-13-2-1-3-14(20)12(13)8-16(25)27(17(28)26-9-15(21)22)10-11-4-6-18(23,24)7-5-11/h1-3,11,15,25H,4-10H2,(H,26,28). The van der Waals surface area contributed by atoms with E-state index in [0.717, 1.165) is 11.0 Å². The van der Waals surface area contributed by atoms with Gasteiger partial charge in [-0.3, -0.25) is 10.3 Å². The van der Waals surface area contributed by atoms with E-state index < -0.39 is 30.7 Å². The Labute approximate surface area is 164 Å². The Morgan fingerprint density at radius 3 is 2.54 bits per heavy atom. The van der Waals surface area contributed by atoms with Crippen LogP contribution in [-0.2, 0) is 6.42 Å². The largest absolute Gasteiger partial charge is 0.332 e. The number of amides is 2. The number of halogens is 6. The number of nitrogens with one attached hydrogen (secondary N) is 2. The highest BCUT2D eigenvalue weighted by molar-refractivity contribution is 6.31. The van der Waals surface area contributed by atoms with Crippen molar-refractivity contribution in [3.8, 4) is 0 Å². The SMILES string of the molecule is N=C(Cc1c(F)cccc1Cl)N(CC1CCC(F)(F)CC1)C(=O)NCC(F)F. The summed E-state index contributed by atoms with van der Waals surface area (Å²) in [6.07, 6.45) is -3.52. The van der Waals surface area contributed by atoms with E-state index in [-0.39, 0.29) is 61.0 Å². The van der Waals surface area contributed by atoms with E-state index in [1.807, 2.05) is 5.32 Å². The molecule has 0 bridgehead atoms. The lowest BCUT2D eigenvalue weighted by molar-refractivity contribution is -0.0466. The third-order valence-electron chi connectivity index (χ3n) is 4.66. The summed E-state index contributed by atoms with van der Waals surface area (Å²) in [6, 6.07) is 3.02. The molecule has 1 aliphatic rings. The highest BCUT2D eigenvalue weighted by Crippen LogP contribution is 2.36. The molecule has 2 N–H and O–H groups in total. The van der Waals surface area contributed by atoms with Crippen molar-refractivity contribution < 1.29 is 26.7 Å². The van der Waals surface area contributed by atoms with Crippen LogP contribution in [0.5, 0.6) is 0 Å². The molecule has 0 saturated heterocycles. The molecule has 0 unspecified atom stereocenters. The smallest absolute Gasteiger partial charge is 0.323 e. The van der Waals surface area contributed by atoms with E-state index in [0.29, 0.717) is 0 Å². The summed E-state index contributed by atoms with van der Waals surface area (Å²) in [5.41, 5.74) is -0.00370. The van der Waals surface area contributed by atoms with Gasteiger partial charge in [0.25, 0.3) is 6.43 Å². The zero-order valence-corrected chi connectivity index (χ0v) is 15.7. The number of alkyl halides is 4. The molecule has 0 aromatic heterocycles. The van der Waals surface area contributed by atoms with Crippen LogP contribution in [-0.4, -0.2) is 42.2 Å². The molecule has 1 aromatic rings. The zero-order valence-electron chi connectivity index (χ0n) is 15.0. The minimum atomic E-state index is -2.78. The van der Waals surface area contributed by atoms with E-state index in [9.17, 15) is 26.7 Å². The lowest BCUT2D eigenvalue weighted by Crippen LogP contribution is -2.48. The predicted molar refractivity (Wildman–Crippen MR) is 95.9 cm³/mol. The van der Waals surface area contributed by atoms with Crippen LogP contribution in [0.1, 0.15) is 31.2 Å². The Kier molecular flexibility index (Phi) is 7.63. The summed E-state index contributed by atoms with van der Waals surface area (Å²) < 4.78 is 65.5. The van der Waals surface area contributed by atoms with Gasteiger partial charge in [-0.2, -0.15) is 0 Å². The Morgan fingerprint density at radius 1 is 1.32 bits per heavy atom. The van der Waals surface area contributed by atoms with Gasteiger partial charge in [0.1, 0.15) is 11.7 Å². The van der Waals surface area contributed by atoms with Crippen LogP contribution in [0.25, 0.3) is 0 Å². The molecule has 0 heterocycles. The first-order valence-electron chi connectivity index (χ1n) is 8.80. The van der Waals surface area contributed by atoms with Gasteiger partial charge in [0.15, 0.2) is 0 Å². The Hall–Kier alpha value is -1.90. The molecule has 0 aliphatic heterocycles. The highest BCUT2D eigenvalue weighted by Gasteiger charge is 2.36. The summed E-state index contributed by atoms with van der Waals surface area (Å²) in [6.45, 7) is -0.998. The van der Waals surface area contributed by atoms with E-state index >= 15 is 0 Å². The second-order valence-electron chi connectivity index (χ2n) is 6.81. The fraction of sp³-hybridized carbons (Fsp3) is 0.556. The molecule has 0 atom stereocenters. The zero-order chi connectivity index (χ0) is 20.9. The molecule has 1 saturated carbocycles. The number of carbonyl (C=O) groups excluding carboxylic acids is 1. The maximum absolute atomic E-state index is 14.0. The second kappa shape index (κ2) is 9.54. The van der Waals surface area contributed by atoms with Crippen molar-refractivity contribution in [3.05, 3.63) is 34.6 Å². The quantitative estimate of drug-likeness (QED) is 0.372. The Balaban J connectivity index is 2.12. The van der Waals surface area contributed by atoms with E-state index in [2.05, 4.69) is 0 Å². The molecular formula is C18H21ClF5N3O. The van der Waals surface area contributed by atoms with Crippen LogP contribution in [0.4, 0.5) is 26.7 Å². The lowest BCUT2D eigenvalue weighted by Gasteiger charge is -2.33. The monoisotopic (exact) mass is 425 g/mol. The van der Waals surface area contributed by atoms with Gasteiger partial charge in [-0.15, -0.1) is 0 Å². The number of benzene rings is 1. The summed E-state index contributed by atoms with van der Waals surface area (Å²) >= 11 is 5.95. The number of nitrogens with zero attached hydrogens (tertiary/aromatic N) is 1. The first kappa shape index (κ1) is 22.4. The van der Waals surface area contributed by atoms with Gasteiger partial charge in [0.2, 0.25) is 5.92 Å². The number of hydrogen-bond donors (Lipinski definition) is 2. The molecule has 2 amide bonds. The molecule has 0 spiro atoms. The topological polar surface area (TPSA) is 56.2 Å². The lowest BCUT2D eigenvalue weighted by atomic mass is 9.86. The van der Waals surface area contributed by atoms with Gasteiger partial charge in [-0.05, 0) is 30.9 Å². The van der Waals surface area contributed by atoms with Crippen molar-refractivity contribution in [1.82, 2.24) is 10.2 Å². The molecule has 1 aromatic carbocycles. The number of amidine groups is 1. The maximum Gasteiger partial charge on any atom is 0.323 e. The van der Waals surface area contributed by atoms with Gasteiger partial charge >= 0.3 is 6.03 Å². The minimum Gasteiger partial charge on any atom is -0.332 e. The Bertz CT molecular complexity index is 686. The van der Waals surface area contributed by atoms with Crippen LogP contribution in [0.3, 0.4) is 0 Å². The van der Waals surface area contributed by atoms with Crippen LogP contribution in [0, 0.1) is 17.1 Å². The Morgan fingerprint density at radius 2 is 1.96 bits per heavy atom. The number of carbonyl (C=O) groups is 1. The molecule has 10 heteroatoms. The fourth-order valence-corrected chi connectivity index (χ4v) is 3.31. The molecule has 156 valence electrons. The molecule has 0 radical (unpaired) electrons. The van der Waals surface area contributed by atoms with Gasteiger partial charge in [0, 0.05) is 36.4 Å². The fourth-order valence-electron chi connectivity index (χ4n) is 3.08. The van der Waals surface area contributed by atoms with Crippen LogP contribution in [0.2, 0.25) is 5.02 Å². The first-order valence-corrected chi connectivity index (χ1v) is 9.18. The summed E-state index contributed by atoms with van der Waals surface area (Å²) in [4.78, 5) is 13.2. The molecule has 1 aliphatic carbocycles. The predicted octanol–water partition coefficient (Wildman–Crippen LogP) is 5.10. The molecular weight excluding hydrogens is 405 g/mol. The van der Waals surface area contributed by atoms with Gasteiger partial charge in [-0.25, -0.2) is 26.7 Å². The molecule has 4 nitrogen and oxygen atoms in total. The average Bonchev–Trinajstić information content (AvgIpc) is 2.61. The maximum atomic E-state index is 14.0. The van der Waals surface area contributed by atoms with Gasteiger partial charge < -0.3 is 5.32 Å². The summed E-state index contributed by atoms with van der Waals surface area (Å²) in [7, 11) is 0.